The number of aromatic nitrogens is 2. The zero-order valence-corrected chi connectivity index (χ0v) is 12.4. The Morgan fingerprint density at radius 3 is 2.17 bits per heavy atom. The molecule has 6 nitrogen and oxygen atoms in total. The summed E-state index contributed by atoms with van der Waals surface area (Å²) in [4.78, 5) is 12.8. The van der Waals surface area contributed by atoms with Gasteiger partial charge in [-0.25, -0.2) is 0 Å². The van der Waals surface area contributed by atoms with Gasteiger partial charge in [0.1, 0.15) is 6.61 Å². The Labute approximate surface area is 132 Å². The number of fused-ring (bicyclic) bond motifs is 1. The van der Waals surface area contributed by atoms with E-state index in [0.29, 0.717) is 20.6 Å². The van der Waals surface area contributed by atoms with Crippen molar-refractivity contribution < 1.29 is 19.4 Å². The van der Waals surface area contributed by atoms with Crippen LogP contribution in [0.4, 0.5) is 0 Å². The van der Waals surface area contributed by atoms with E-state index >= 15 is 0 Å². The molecule has 1 aromatic heterocycles. The Morgan fingerprint density at radius 2 is 1.57 bits per heavy atom. The molecule has 0 atom stereocenters. The Hall–Kier alpha value is -2.99. The SMILES string of the molecule is Cc1ccccc1C(=O)c1c(CO)[n+]([O-])c2ccccc2[n+]1[O-]. The molecule has 0 saturated heterocycles. The summed E-state index contributed by atoms with van der Waals surface area (Å²) in [5.74, 6) is -0.586. The van der Waals surface area contributed by atoms with Crippen molar-refractivity contribution in [3.8, 4) is 0 Å². The second-order valence-corrected chi connectivity index (χ2v) is 5.17. The zero-order valence-electron chi connectivity index (χ0n) is 12.4. The number of ketones is 1. The molecular formula is C17H14N2O4. The van der Waals surface area contributed by atoms with Gasteiger partial charge in [0.25, 0.3) is 22.5 Å². The number of aryl methyl sites for hydroxylation is 1. The summed E-state index contributed by atoms with van der Waals surface area (Å²) < 4.78 is 0.860. The number of carbonyl (C=O) groups excluding carboxylic acids is 1. The molecule has 1 heterocycles. The van der Waals surface area contributed by atoms with E-state index in [1.54, 1.807) is 43.3 Å². The van der Waals surface area contributed by atoms with Crippen LogP contribution in [0, 0.1) is 17.3 Å². The van der Waals surface area contributed by atoms with Crippen LogP contribution in [-0.4, -0.2) is 10.9 Å². The third-order valence-corrected chi connectivity index (χ3v) is 3.80. The number of para-hydroxylation sites is 2. The lowest BCUT2D eigenvalue weighted by Gasteiger charge is -2.12. The summed E-state index contributed by atoms with van der Waals surface area (Å²) in [6, 6.07) is 12.9. The minimum atomic E-state index is -0.705. The summed E-state index contributed by atoms with van der Waals surface area (Å²) >= 11 is 0. The quantitative estimate of drug-likeness (QED) is 0.446. The van der Waals surface area contributed by atoms with Gasteiger partial charge in [0.05, 0.1) is 0 Å². The van der Waals surface area contributed by atoms with E-state index in [0.717, 1.165) is 0 Å². The van der Waals surface area contributed by atoms with Crippen molar-refractivity contribution in [2.45, 2.75) is 13.5 Å². The largest absolute Gasteiger partial charge is 0.618 e. The van der Waals surface area contributed by atoms with Gasteiger partial charge in [-0.05, 0) is 12.5 Å². The van der Waals surface area contributed by atoms with Gasteiger partial charge in [-0.1, -0.05) is 36.4 Å². The van der Waals surface area contributed by atoms with Crippen LogP contribution in [0.5, 0.6) is 0 Å². The fourth-order valence-electron chi connectivity index (χ4n) is 2.60. The lowest BCUT2D eigenvalue weighted by molar-refractivity contribution is -0.637. The lowest BCUT2D eigenvalue weighted by Crippen LogP contribution is -2.47. The molecule has 0 spiro atoms. The van der Waals surface area contributed by atoms with Gasteiger partial charge in [-0.2, -0.15) is 9.46 Å². The maximum Gasteiger partial charge on any atom is 0.336 e. The Balaban J connectivity index is 2.35. The molecule has 23 heavy (non-hydrogen) atoms. The topological polar surface area (TPSA) is 91.2 Å². The van der Waals surface area contributed by atoms with Crippen molar-refractivity contribution in [1.82, 2.24) is 0 Å². The molecule has 0 aliphatic rings. The van der Waals surface area contributed by atoms with Crippen molar-refractivity contribution in [3.05, 3.63) is 81.5 Å². The first-order valence-electron chi connectivity index (χ1n) is 7.04. The Bertz CT molecular complexity index is 922. The molecule has 1 N–H and O–H groups in total. The van der Waals surface area contributed by atoms with E-state index in [2.05, 4.69) is 0 Å². The third-order valence-electron chi connectivity index (χ3n) is 3.80. The number of hydrogen-bond acceptors (Lipinski definition) is 4. The van der Waals surface area contributed by atoms with Crippen molar-refractivity contribution in [2.75, 3.05) is 0 Å². The van der Waals surface area contributed by atoms with Gasteiger partial charge < -0.3 is 15.5 Å². The summed E-state index contributed by atoms with van der Waals surface area (Å²) in [5.41, 5.74) is 0.584. The highest BCUT2D eigenvalue weighted by Crippen LogP contribution is 2.16. The van der Waals surface area contributed by atoms with E-state index in [9.17, 15) is 20.3 Å². The monoisotopic (exact) mass is 310 g/mol. The maximum absolute atomic E-state index is 12.8. The molecule has 0 saturated carbocycles. The summed E-state index contributed by atoms with van der Waals surface area (Å²) in [5, 5.41) is 34.5. The van der Waals surface area contributed by atoms with Gasteiger partial charge in [0, 0.05) is 17.7 Å². The standard InChI is InChI=1S/C17H14N2O4/c1-11-6-2-3-7-12(11)17(21)16-15(10-20)18(22)13-8-4-5-9-14(13)19(16)23/h2-9,20H,10H2,1H3. The lowest BCUT2D eigenvalue weighted by atomic mass is 10.0. The van der Waals surface area contributed by atoms with Crippen LogP contribution < -0.4 is 9.46 Å². The molecule has 6 heteroatoms. The molecule has 0 bridgehead atoms. The van der Waals surface area contributed by atoms with Gasteiger partial charge in [0.2, 0.25) is 0 Å². The molecule has 0 fully saturated rings. The number of hydrogen-bond donors (Lipinski definition) is 1. The van der Waals surface area contributed by atoms with Crippen LogP contribution in [0.25, 0.3) is 11.0 Å². The molecule has 0 unspecified atom stereocenters. The first-order chi connectivity index (χ1) is 11.1. The van der Waals surface area contributed by atoms with Crippen LogP contribution in [0.3, 0.4) is 0 Å². The maximum atomic E-state index is 12.8. The van der Waals surface area contributed by atoms with Crippen molar-refractivity contribution in [2.24, 2.45) is 0 Å². The van der Waals surface area contributed by atoms with Gasteiger partial charge in [0.15, 0.2) is 0 Å². The van der Waals surface area contributed by atoms with Crippen LogP contribution >= 0.6 is 0 Å². The van der Waals surface area contributed by atoms with Gasteiger partial charge in [-0.3, -0.25) is 4.79 Å². The highest BCUT2D eigenvalue weighted by molar-refractivity contribution is 6.08. The van der Waals surface area contributed by atoms with Crippen molar-refractivity contribution >= 4 is 16.8 Å². The third kappa shape index (κ3) is 2.29. The van der Waals surface area contributed by atoms with Crippen molar-refractivity contribution in [3.63, 3.8) is 0 Å². The number of aliphatic hydroxyl groups is 1. The van der Waals surface area contributed by atoms with Gasteiger partial charge in [-0.15, -0.1) is 0 Å². The molecule has 2 aromatic carbocycles. The number of carbonyl (C=O) groups is 1. The predicted octanol–water partition coefficient (Wildman–Crippen LogP) is 1.14. The van der Waals surface area contributed by atoms with Crippen LogP contribution in [0.15, 0.2) is 48.5 Å². The van der Waals surface area contributed by atoms with Crippen LogP contribution in [-0.2, 0) is 6.61 Å². The van der Waals surface area contributed by atoms with E-state index in [1.165, 1.54) is 12.1 Å². The minimum absolute atomic E-state index is 0.0802. The van der Waals surface area contributed by atoms with Crippen LogP contribution in [0.2, 0.25) is 0 Å². The van der Waals surface area contributed by atoms with Gasteiger partial charge >= 0.3 is 5.69 Å². The normalized spacial score (nSPS) is 10.9. The summed E-state index contributed by atoms with van der Waals surface area (Å²) in [7, 11) is 0. The molecule has 3 rings (SSSR count). The molecule has 116 valence electrons. The first-order valence-corrected chi connectivity index (χ1v) is 7.04. The molecule has 0 aliphatic carbocycles. The number of nitrogens with zero attached hydrogens (tertiary/aromatic N) is 2. The highest BCUT2D eigenvalue weighted by Gasteiger charge is 2.33. The van der Waals surface area contributed by atoms with Crippen LogP contribution in [0.1, 0.15) is 27.3 Å². The number of rotatable bonds is 3. The van der Waals surface area contributed by atoms with E-state index in [-0.39, 0.29) is 22.4 Å². The van der Waals surface area contributed by atoms with E-state index < -0.39 is 12.4 Å². The second-order valence-electron chi connectivity index (χ2n) is 5.17. The summed E-state index contributed by atoms with van der Waals surface area (Å²) in [6.45, 7) is 1.04. The predicted molar refractivity (Wildman–Crippen MR) is 82.4 cm³/mol. The average molecular weight is 310 g/mol. The Kier molecular flexibility index (Phi) is 3.67. The van der Waals surface area contributed by atoms with E-state index in [1.807, 2.05) is 0 Å². The summed E-state index contributed by atoms with van der Waals surface area (Å²) in [6.07, 6.45) is 0. The number of aliphatic hydroxyl groups excluding tert-OH is 1. The molecule has 0 aliphatic heterocycles. The zero-order chi connectivity index (χ0) is 16.6. The molecular weight excluding hydrogens is 296 g/mol. The molecule has 0 radical (unpaired) electrons. The minimum Gasteiger partial charge on any atom is -0.618 e. The average Bonchev–Trinajstić information content (AvgIpc) is 2.57. The Morgan fingerprint density at radius 1 is 1.00 bits per heavy atom. The van der Waals surface area contributed by atoms with Crippen molar-refractivity contribution in [1.29, 1.82) is 0 Å². The number of benzene rings is 2. The smallest absolute Gasteiger partial charge is 0.336 e. The fraction of sp³-hybridized carbons (Fsp3) is 0.118. The van der Waals surface area contributed by atoms with E-state index in [4.69, 9.17) is 0 Å². The highest BCUT2D eigenvalue weighted by atomic mass is 16.5. The molecule has 3 aromatic rings. The second kappa shape index (κ2) is 5.66. The fourth-order valence-corrected chi connectivity index (χ4v) is 2.60. The molecule has 0 amide bonds. The first kappa shape index (κ1) is 14.9.